The van der Waals surface area contributed by atoms with Gasteiger partial charge in [-0.2, -0.15) is 0 Å². The third-order valence-corrected chi connectivity index (χ3v) is 3.57. The molecule has 0 atom stereocenters. The lowest BCUT2D eigenvalue weighted by Crippen LogP contribution is -2.18. The Bertz CT molecular complexity index is 630. The Morgan fingerprint density at radius 1 is 1.00 bits per heavy atom. The number of anilines is 1. The van der Waals surface area contributed by atoms with E-state index in [1.807, 2.05) is 48.5 Å². The monoisotopic (exact) mass is 311 g/mol. The number of carbonyl (C=O) groups excluding carboxylic acids is 1. The molecule has 2 rings (SSSR count). The molecule has 1 amide bonds. The number of hydrogen-bond acceptors (Lipinski definition) is 2. The number of benzene rings is 2. The highest BCUT2D eigenvalue weighted by molar-refractivity contribution is 5.91. The molecule has 122 valence electrons. The maximum Gasteiger partial charge on any atom is 0.224 e. The van der Waals surface area contributed by atoms with Crippen LogP contribution in [0.4, 0.5) is 5.69 Å². The SMILES string of the molecule is CC(C)(C)c1ccccc1NC(=O)CCCOc1ccccc1. The van der Waals surface area contributed by atoms with E-state index in [2.05, 4.69) is 32.2 Å². The lowest BCUT2D eigenvalue weighted by Gasteiger charge is -2.23. The average Bonchev–Trinajstić information content (AvgIpc) is 2.52. The van der Waals surface area contributed by atoms with Crippen LogP contribution in [0.2, 0.25) is 0 Å². The van der Waals surface area contributed by atoms with E-state index < -0.39 is 0 Å². The first kappa shape index (κ1) is 17.1. The summed E-state index contributed by atoms with van der Waals surface area (Å²) >= 11 is 0. The molecule has 0 heterocycles. The lowest BCUT2D eigenvalue weighted by molar-refractivity contribution is -0.116. The van der Waals surface area contributed by atoms with Crippen molar-refractivity contribution in [3.63, 3.8) is 0 Å². The Morgan fingerprint density at radius 3 is 2.35 bits per heavy atom. The summed E-state index contributed by atoms with van der Waals surface area (Å²) in [5.41, 5.74) is 2.04. The van der Waals surface area contributed by atoms with Crippen LogP contribution in [0.25, 0.3) is 0 Å². The molecule has 0 unspecified atom stereocenters. The van der Waals surface area contributed by atoms with Gasteiger partial charge in [0.15, 0.2) is 0 Å². The summed E-state index contributed by atoms with van der Waals surface area (Å²) in [6, 6.07) is 17.6. The van der Waals surface area contributed by atoms with Crippen molar-refractivity contribution in [2.24, 2.45) is 0 Å². The lowest BCUT2D eigenvalue weighted by atomic mass is 9.86. The fraction of sp³-hybridized carbons (Fsp3) is 0.350. The number of amides is 1. The Hall–Kier alpha value is -2.29. The molecule has 0 aromatic heterocycles. The predicted molar refractivity (Wildman–Crippen MR) is 94.9 cm³/mol. The predicted octanol–water partition coefficient (Wildman–Crippen LogP) is 4.78. The van der Waals surface area contributed by atoms with Crippen molar-refractivity contribution in [1.29, 1.82) is 0 Å². The topological polar surface area (TPSA) is 38.3 Å². The van der Waals surface area contributed by atoms with Crippen molar-refractivity contribution < 1.29 is 9.53 Å². The summed E-state index contributed by atoms with van der Waals surface area (Å²) in [6.45, 7) is 6.97. The molecule has 0 bridgehead atoms. The van der Waals surface area contributed by atoms with E-state index in [1.54, 1.807) is 0 Å². The van der Waals surface area contributed by atoms with Gasteiger partial charge in [-0.25, -0.2) is 0 Å². The number of ether oxygens (including phenoxy) is 1. The van der Waals surface area contributed by atoms with Crippen molar-refractivity contribution in [3.05, 3.63) is 60.2 Å². The molecule has 3 heteroatoms. The van der Waals surface area contributed by atoms with Crippen LogP contribution in [-0.2, 0) is 10.2 Å². The number of rotatable bonds is 6. The standard InChI is InChI=1S/C20H25NO2/c1-20(2,3)17-12-7-8-13-18(17)21-19(22)14-9-15-23-16-10-5-4-6-11-16/h4-8,10-13H,9,14-15H2,1-3H3,(H,21,22). The Balaban J connectivity index is 1.81. The van der Waals surface area contributed by atoms with E-state index in [9.17, 15) is 4.79 Å². The van der Waals surface area contributed by atoms with Gasteiger partial charge in [-0.05, 0) is 35.6 Å². The molecule has 1 N–H and O–H groups in total. The third kappa shape index (κ3) is 5.44. The smallest absolute Gasteiger partial charge is 0.224 e. The molecule has 0 saturated heterocycles. The normalized spacial score (nSPS) is 11.1. The van der Waals surface area contributed by atoms with Crippen LogP contribution in [0.15, 0.2) is 54.6 Å². The summed E-state index contributed by atoms with van der Waals surface area (Å²) in [7, 11) is 0. The molecule has 2 aromatic carbocycles. The second kappa shape index (κ2) is 7.82. The van der Waals surface area contributed by atoms with Gasteiger partial charge in [0, 0.05) is 12.1 Å². The summed E-state index contributed by atoms with van der Waals surface area (Å²) in [5, 5.41) is 3.02. The highest BCUT2D eigenvalue weighted by Gasteiger charge is 2.18. The third-order valence-electron chi connectivity index (χ3n) is 3.57. The summed E-state index contributed by atoms with van der Waals surface area (Å²) < 4.78 is 5.60. The van der Waals surface area contributed by atoms with Crippen molar-refractivity contribution in [2.45, 2.75) is 39.0 Å². The maximum atomic E-state index is 12.1. The van der Waals surface area contributed by atoms with Crippen molar-refractivity contribution in [2.75, 3.05) is 11.9 Å². The van der Waals surface area contributed by atoms with E-state index in [1.165, 1.54) is 0 Å². The first-order chi connectivity index (χ1) is 11.0. The fourth-order valence-corrected chi connectivity index (χ4v) is 2.40. The van der Waals surface area contributed by atoms with Crippen LogP contribution in [0.3, 0.4) is 0 Å². The minimum absolute atomic E-state index is 0.000291. The van der Waals surface area contributed by atoms with Crippen LogP contribution in [-0.4, -0.2) is 12.5 Å². The van der Waals surface area contributed by atoms with Gasteiger partial charge in [-0.15, -0.1) is 0 Å². The van der Waals surface area contributed by atoms with E-state index in [-0.39, 0.29) is 11.3 Å². The van der Waals surface area contributed by atoms with Gasteiger partial charge in [0.2, 0.25) is 5.91 Å². The molecule has 3 nitrogen and oxygen atoms in total. The molecule has 2 aromatic rings. The molecule has 0 fully saturated rings. The molecule has 0 saturated carbocycles. The second-order valence-corrected chi connectivity index (χ2v) is 6.61. The second-order valence-electron chi connectivity index (χ2n) is 6.61. The summed E-state index contributed by atoms with van der Waals surface area (Å²) in [4.78, 5) is 12.1. The van der Waals surface area contributed by atoms with Crippen molar-refractivity contribution in [1.82, 2.24) is 0 Å². The zero-order valence-corrected chi connectivity index (χ0v) is 14.1. The zero-order chi connectivity index (χ0) is 16.7. The van der Waals surface area contributed by atoms with Crippen LogP contribution in [0.5, 0.6) is 5.75 Å². The largest absolute Gasteiger partial charge is 0.494 e. The number of hydrogen-bond donors (Lipinski definition) is 1. The molecule has 0 aliphatic heterocycles. The van der Waals surface area contributed by atoms with Gasteiger partial charge in [0.1, 0.15) is 5.75 Å². The summed E-state index contributed by atoms with van der Waals surface area (Å²) in [5.74, 6) is 0.865. The highest BCUT2D eigenvalue weighted by Crippen LogP contribution is 2.29. The van der Waals surface area contributed by atoms with Gasteiger partial charge in [-0.1, -0.05) is 57.2 Å². The molecular formula is C20H25NO2. The molecule has 0 spiro atoms. The number of nitrogens with one attached hydrogen (secondary N) is 1. The zero-order valence-electron chi connectivity index (χ0n) is 14.1. The van der Waals surface area contributed by atoms with E-state index in [0.29, 0.717) is 19.4 Å². The maximum absolute atomic E-state index is 12.1. The van der Waals surface area contributed by atoms with Gasteiger partial charge in [0.05, 0.1) is 6.61 Å². The molecular weight excluding hydrogens is 286 g/mol. The molecule has 0 aliphatic rings. The molecule has 23 heavy (non-hydrogen) atoms. The Labute approximate surface area is 138 Å². The van der Waals surface area contributed by atoms with Gasteiger partial charge >= 0.3 is 0 Å². The minimum atomic E-state index is 0.000291. The fourth-order valence-electron chi connectivity index (χ4n) is 2.40. The summed E-state index contributed by atoms with van der Waals surface area (Å²) in [6.07, 6.45) is 1.14. The average molecular weight is 311 g/mol. The minimum Gasteiger partial charge on any atom is -0.494 e. The quantitative estimate of drug-likeness (QED) is 0.780. The van der Waals surface area contributed by atoms with Crippen LogP contribution in [0, 0.1) is 0 Å². The van der Waals surface area contributed by atoms with Crippen molar-refractivity contribution >= 4 is 11.6 Å². The van der Waals surface area contributed by atoms with E-state index in [0.717, 1.165) is 17.0 Å². The Morgan fingerprint density at radius 2 is 1.65 bits per heavy atom. The van der Waals surface area contributed by atoms with Crippen LogP contribution >= 0.6 is 0 Å². The highest BCUT2D eigenvalue weighted by atomic mass is 16.5. The van der Waals surface area contributed by atoms with E-state index in [4.69, 9.17) is 4.74 Å². The first-order valence-electron chi connectivity index (χ1n) is 8.04. The van der Waals surface area contributed by atoms with Crippen LogP contribution in [0.1, 0.15) is 39.2 Å². The Kier molecular flexibility index (Phi) is 5.80. The first-order valence-corrected chi connectivity index (χ1v) is 8.04. The van der Waals surface area contributed by atoms with E-state index >= 15 is 0 Å². The molecule has 0 aliphatic carbocycles. The van der Waals surface area contributed by atoms with Gasteiger partial charge in [-0.3, -0.25) is 4.79 Å². The number of carbonyl (C=O) groups is 1. The van der Waals surface area contributed by atoms with Crippen LogP contribution < -0.4 is 10.1 Å². The molecule has 0 radical (unpaired) electrons. The van der Waals surface area contributed by atoms with Gasteiger partial charge in [0.25, 0.3) is 0 Å². The van der Waals surface area contributed by atoms with Crippen molar-refractivity contribution in [3.8, 4) is 5.75 Å². The number of para-hydroxylation sites is 2. The van der Waals surface area contributed by atoms with Gasteiger partial charge < -0.3 is 10.1 Å².